The van der Waals surface area contributed by atoms with Crippen molar-refractivity contribution in [3.63, 3.8) is 0 Å². The van der Waals surface area contributed by atoms with E-state index >= 15 is 0 Å². The van der Waals surface area contributed by atoms with Gasteiger partial charge in [0, 0.05) is 0 Å². The van der Waals surface area contributed by atoms with Gasteiger partial charge in [-0.1, -0.05) is 0 Å². The van der Waals surface area contributed by atoms with Crippen LogP contribution in [0.5, 0.6) is 0 Å². The van der Waals surface area contributed by atoms with Gasteiger partial charge in [-0.15, -0.1) is 99.7 Å². The summed E-state index contributed by atoms with van der Waals surface area (Å²) >= 11 is 44.5. The zero-order chi connectivity index (χ0) is 10.7. The minimum Gasteiger partial charge on any atom is -0.130 e. The van der Waals surface area contributed by atoms with Gasteiger partial charge in [-0.25, -0.2) is 0 Å². The molecule has 0 aromatic heterocycles. The van der Waals surface area contributed by atoms with Crippen LogP contribution in [0.1, 0.15) is 0 Å². The van der Waals surface area contributed by atoms with Crippen LogP contribution in [0, 0.1) is 0 Å². The van der Waals surface area contributed by atoms with E-state index in [0.717, 1.165) is 0 Å². The molecule has 0 rings (SSSR count). The normalized spacial score (nSPS) is 8.31. The largest absolute Gasteiger partial charge is 0.326 e. The van der Waals surface area contributed by atoms with Gasteiger partial charge in [-0.05, 0) is 11.0 Å². The quantitative estimate of drug-likeness (QED) is 0.403. The second-order valence-electron chi connectivity index (χ2n) is 0.742. The van der Waals surface area contributed by atoms with Gasteiger partial charge < -0.3 is 0 Å². The minimum atomic E-state index is -1.72. The minimum absolute atomic E-state index is 0. The second-order valence-corrected chi connectivity index (χ2v) is 20.0. The molecule has 0 heterocycles. The molecule has 0 bridgehead atoms. The van der Waals surface area contributed by atoms with Crippen molar-refractivity contribution < 1.29 is 0 Å². The van der Waals surface area contributed by atoms with Crippen molar-refractivity contribution in [2.24, 2.45) is 0 Å². The molecule has 0 nitrogen and oxygen atoms in total. The van der Waals surface area contributed by atoms with Gasteiger partial charge in [-0.2, -0.15) is 0 Å². The fourth-order valence-electron chi connectivity index (χ4n) is 0. The molecule has 0 saturated carbocycles. The Bertz CT molecular complexity index is 40.1. The van der Waals surface area contributed by atoms with Gasteiger partial charge in [-0.3, -0.25) is 0 Å². The highest BCUT2D eigenvalue weighted by molar-refractivity contribution is 7.54. The standard InChI is InChI=1S/3Cl3HSi.H4Si/c3*1-4(2)3;/h3*4H;1H4. The summed E-state index contributed by atoms with van der Waals surface area (Å²) in [6.07, 6.45) is 0. The smallest absolute Gasteiger partial charge is 0.130 e. The number of hydrogen-bond acceptors (Lipinski definition) is 0. The third-order valence-electron chi connectivity index (χ3n) is 0. The first kappa shape index (κ1) is 25.4. The lowest BCUT2D eigenvalue weighted by molar-refractivity contribution is 4.07. The molecule has 0 unspecified atom stereocenters. The molecule has 0 spiro atoms. The van der Waals surface area contributed by atoms with Crippen molar-refractivity contribution in [1.82, 2.24) is 0 Å². The fraction of sp³-hybridized carbons (Fsp3) is 0. The summed E-state index contributed by atoms with van der Waals surface area (Å²) in [7, 11) is 0. The summed E-state index contributed by atoms with van der Waals surface area (Å²) in [6.45, 7) is -5.17. The van der Waals surface area contributed by atoms with Gasteiger partial charge in [0.1, 0.15) is 0 Å². The van der Waals surface area contributed by atoms with Crippen molar-refractivity contribution in [3.05, 3.63) is 0 Å². The number of hydrogen-bond donors (Lipinski definition) is 0. The SMILES string of the molecule is Cl[SiH](Cl)Cl.Cl[SiH](Cl)Cl.Cl[SiH](Cl)Cl.[SiH4]. The van der Waals surface area contributed by atoms with Crippen LogP contribution in [0.4, 0.5) is 0 Å². The van der Waals surface area contributed by atoms with E-state index in [1.54, 1.807) is 0 Å². The van der Waals surface area contributed by atoms with E-state index in [2.05, 4.69) is 0 Å². The lowest BCUT2D eigenvalue weighted by Gasteiger charge is -1.65. The summed E-state index contributed by atoms with van der Waals surface area (Å²) in [4.78, 5) is 0. The molecular weight excluding hydrogens is 431 g/mol. The first-order valence-corrected chi connectivity index (χ1v) is 17.7. The maximum absolute atomic E-state index is 4.94. The Morgan fingerprint density at radius 2 is 0.385 bits per heavy atom. The Morgan fingerprint density at radius 1 is 0.385 bits per heavy atom. The van der Waals surface area contributed by atoms with Crippen LogP contribution in [0.3, 0.4) is 0 Å². The number of rotatable bonds is 0. The molecule has 0 aliphatic heterocycles. The maximum Gasteiger partial charge on any atom is 0.326 e. The van der Waals surface area contributed by atoms with E-state index in [1.807, 2.05) is 0 Å². The predicted molar refractivity (Wildman–Crippen MR) is 85.5 cm³/mol. The Labute approximate surface area is 129 Å². The van der Waals surface area contributed by atoms with E-state index in [9.17, 15) is 0 Å². The zero-order valence-electron chi connectivity index (χ0n) is 5.13. The van der Waals surface area contributed by atoms with Crippen LogP contribution in [0.25, 0.3) is 0 Å². The van der Waals surface area contributed by atoms with Crippen LogP contribution in [-0.2, 0) is 0 Å². The van der Waals surface area contributed by atoms with Gasteiger partial charge in [0.05, 0.1) is 0 Å². The molecule has 0 atom stereocenters. The summed E-state index contributed by atoms with van der Waals surface area (Å²) in [6, 6.07) is 0. The van der Waals surface area contributed by atoms with Crippen LogP contribution >= 0.6 is 99.7 Å². The highest BCUT2D eigenvalue weighted by Gasteiger charge is 1.85. The van der Waals surface area contributed by atoms with E-state index in [4.69, 9.17) is 99.7 Å². The molecule has 86 valence electrons. The Hall–Kier alpha value is 3.48. The number of halogens is 9. The van der Waals surface area contributed by atoms with E-state index < -0.39 is 20.2 Å². The molecule has 0 fully saturated rings. The van der Waals surface area contributed by atoms with Crippen molar-refractivity contribution in [1.29, 1.82) is 0 Å². The van der Waals surface area contributed by atoms with Crippen molar-refractivity contribution in [2.45, 2.75) is 0 Å². The first-order valence-electron chi connectivity index (χ1n) is 1.96. The van der Waals surface area contributed by atoms with Gasteiger partial charge in [0.15, 0.2) is 0 Å². The zero-order valence-corrected chi connectivity index (χ0v) is 15.4. The molecular formula is H7Cl9Si4. The fourth-order valence-corrected chi connectivity index (χ4v) is 0. The van der Waals surface area contributed by atoms with Gasteiger partial charge in [0.2, 0.25) is 0 Å². The molecule has 13 heavy (non-hydrogen) atoms. The van der Waals surface area contributed by atoms with Crippen LogP contribution in [-0.4, -0.2) is 31.1 Å². The lowest BCUT2D eigenvalue weighted by atomic mass is 27.7. The van der Waals surface area contributed by atoms with Crippen LogP contribution in [0.15, 0.2) is 0 Å². The summed E-state index contributed by atoms with van der Waals surface area (Å²) in [5.41, 5.74) is 0. The average Bonchev–Trinajstić information content (AvgIpc) is 1.54. The van der Waals surface area contributed by atoms with E-state index in [0.29, 0.717) is 0 Å². The lowest BCUT2D eigenvalue weighted by Crippen LogP contribution is -1.66. The maximum atomic E-state index is 4.94. The molecule has 0 aliphatic carbocycles. The predicted octanol–water partition coefficient (Wildman–Crippen LogP) is 2.81. The monoisotopic (exact) mass is 434 g/mol. The molecule has 0 radical (unpaired) electrons. The third-order valence-corrected chi connectivity index (χ3v) is 0. The van der Waals surface area contributed by atoms with Crippen molar-refractivity contribution in [3.8, 4) is 0 Å². The third kappa shape index (κ3) is 232. The average molecular weight is 438 g/mol. The molecule has 0 aromatic rings. The molecule has 13 heteroatoms. The van der Waals surface area contributed by atoms with Gasteiger partial charge >= 0.3 is 20.2 Å². The van der Waals surface area contributed by atoms with E-state index in [1.165, 1.54) is 0 Å². The topological polar surface area (TPSA) is 0 Å². The summed E-state index contributed by atoms with van der Waals surface area (Å²) in [5.74, 6) is 0. The van der Waals surface area contributed by atoms with Crippen LogP contribution in [0.2, 0.25) is 0 Å². The molecule has 0 aromatic carbocycles. The van der Waals surface area contributed by atoms with Gasteiger partial charge in [0.25, 0.3) is 0 Å². The Morgan fingerprint density at radius 3 is 0.385 bits per heavy atom. The summed E-state index contributed by atoms with van der Waals surface area (Å²) < 4.78 is 0. The van der Waals surface area contributed by atoms with E-state index in [-0.39, 0.29) is 11.0 Å². The highest BCUT2D eigenvalue weighted by atomic mass is 35.8. The highest BCUT2D eigenvalue weighted by Crippen LogP contribution is 1.98. The van der Waals surface area contributed by atoms with Crippen LogP contribution < -0.4 is 0 Å². The Kier molecular flexibility index (Phi) is 40.6. The molecule has 0 aliphatic rings. The summed E-state index contributed by atoms with van der Waals surface area (Å²) in [5, 5.41) is 0. The van der Waals surface area contributed by atoms with Crippen molar-refractivity contribution >= 4 is 131 Å². The molecule has 0 saturated heterocycles. The van der Waals surface area contributed by atoms with Crippen molar-refractivity contribution in [2.75, 3.05) is 0 Å². The molecule has 0 N–H and O–H groups in total. The Balaban J connectivity index is -0.0000000450. The first-order chi connectivity index (χ1) is 5.20. The molecule has 0 amide bonds. The second kappa shape index (κ2) is 20.8.